The van der Waals surface area contributed by atoms with Gasteiger partial charge in [0, 0.05) is 17.4 Å². The molecule has 0 aliphatic carbocycles. The van der Waals surface area contributed by atoms with E-state index in [0.717, 1.165) is 22.7 Å². The number of aromatic hydroxyl groups is 1. The molecule has 4 nitrogen and oxygen atoms in total. The maximum absolute atomic E-state index is 9.53. The van der Waals surface area contributed by atoms with Gasteiger partial charge < -0.3 is 21.1 Å². The van der Waals surface area contributed by atoms with Gasteiger partial charge in [-0.15, -0.1) is 0 Å². The monoisotopic (exact) mass is 227 g/mol. The van der Waals surface area contributed by atoms with Gasteiger partial charge in [-0.25, -0.2) is 0 Å². The molecule has 17 heavy (non-hydrogen) atoms. The lowest BCUT2D eigenvalue weighted by atomic mass is 10.2. The minimum absolute atomic E-state index is 0.271. The molecule has 0 radical (unpaired) electrons. The lowest BCUT2D eigenvalue weighted by Gasteiger charge is -2.18. The Hall–Kier alpha value is -2.36. The second-order valence-electron chi connectivity index (χ2n) is 4.06. The second-order valence-corrected chi connectivity index (χ2v) is 4.06. The van der Waals surface area contributed by atoms with E-state index in [1.807, 2.05) is 30.3 Å². The van der Waals surface area contributed by atoms with Crippen LogP contribution in [0.5, 0.6) is 5.75 Å². The Balaban J connectivity index is 2.03. The Morgan fingerprint density at radius 3 is 2.65 bits per heavy atom. The molecule has 2 aromatic carbocycles. The Labute approximate surface area is 99.3 Å². The molecule has 0 saturated heterocycles. The van der Waals surface area contributed by atoms with Crippen LogP contribution < -0.4 is 16.0 Å². The third kappa shape index (κ3) is 1.63. The normalized spacial score (nSPS) is 13.3. The first-order valence-corrected chi connectivity index (χ1v) is 5.44. The number of fused-ring (bicyclic) bond motifs is 1. The summed E-state index contributed by atoms with van der Waals surface area (Å²) in [5, 5.41) is 12.8. The molecule has 0 amide bonds. The molecule has 0 unspecified atom stereocenters. The molecule has 4 N–H and O–H groups in total. The molecule has 4 heteroatoms. The molecular weight excluding hydrogens is 214 g/mol. The van der Waals surface area contributed by atoms with Gasteiger partial charge in [0.05, 0.1) is 18.0 Å². The van der Waals surface area contributed by atoms with Crippen molar-refractivity contribution in [2.75, 3.05) is 22.6 Å². The number of nitrogens with zero attached hydrogens (tertiary/aromatic N) is 1. The third-order valence-corrected chi connectivity index (χ3v) is 2.90. The molecular formula is C13H13N3O. The zero-order valence-electron chi connectivity index (χ0n) is 9.22. The summed E-state index contributed by atoms with van der Waals surface area (Å²) in [5.41, 5.74) is 9.48. The van der Waals surface area contributed by atoms with Crippen LogP contribution in [0, 0.1) is 0 Å². The average Bonchev–Trinajstić information content (AvgIpc) is 2.73. The predicted molar refractivity (Wildman–Crippen MR) is 69.6 cm³/mol. The SMILES string of the molecule is Nc1ccc(N2CNc3ccc(O)cc32)cc1. The van der Waals surface area contributed by atoms with Crippen LogP contribution >= 0.6 is 0 Å². The Kier molecular flexibility index (Phi) is 2.08. The van der Waals surface area contributed by atoms with Gasteiger partial charge in [0.25, 0.3) is 0 Å². The van der Waals surface area contributed by atoms with E-state index < -0.39 is 0 Å². The third-order valence-electron chi connectivity index (χ3n) is 2.90. The second kappa shape index (κ2) is 3.59. The van der Waals surface area contributed by atoms with Crippen molar-refractivity contribution in [3.63, 3.8) is 0 Å². The van der Waals surface area contributed by atoms with Gasteiger partial charge in [-0.2, -0.15) is 0 Å². The topological polar surface area (TPSA) is 61.5 Å². The Bertz CT molecular complexity index is 551. The molecule has 1 heterocycles. The maximum atomic E-state index is 9.53. The zero-order chi connectivity index (χ0) is 11.8. The number of hydrogen-bond donors (Lipinski definition) is 3. The summed E-state index contributed by atoms with van der Waals surface area (Å²) in [4.78, 5) is 2.09. The highest BCUT2D eigenvalue weighted by Gasteiger charge is 2.19. The minimum atomic E-state index is 0.271. The lowest BCUT2D eigenvalue weighted by molar-refractivity contribution is 0.475. The Morgan fingerprint density at radius 1 is 1.12 bits per heavy atom. The van der Waals surface area contributed by atoms with E-state index in [0.29, 0.717) is 6.67 Å². The van der Waals surface area contributed by atoms with E-state index in [4.69, 9.17) is 5.73 Å². The van der Waals surface area contributed by atoms with Gasteiger partial charge in [-0.3, -0.25) is 0 Å². The quantitative estimate of drug-likeness (QED) is 0.517. The molecule has 0 fully saturated rings. The van der Waals surface area contributed by atoms with Crippen molar-refractivity contribution in [1.29, 1.82) is 0 Å². The van der Waals surface area contributed by atoms with Crippen LogP contribution in [-0.4, -0.2) is 11.8 Å². The highest BCUT2D eigenvalue weighted by Crippen LogP contribution is 2.38. The molecule has 0 aromatic heterocycles. The minimum Gasteiger partial charge on any atom is -0.508 e. The molecule has 0 spiro atoms. The molecule has 3 rings (SSSR count). The van der Waals surface area contributed by atoms with Crippen molar-refractivity contribution in [3.05, 3.63) is 42.5 Å². The number of nitrogen functional groups attached to an aromatic ring is 1. The van der Waals surface area contributed by atoms with Gasteiger partial charge in [-0.05, 0) is 36.4 Å². The zero-order valence-corrected chi connectivity index (χ0v) is 9.22. The highest BCUT2D eigenvalue weighted by molar-refractivity contribution is 5.82. The van der Waals surface area contributed by atoms with Crippen LogP contribution in [0.3, 0.4) is 0 Å². The molecule has 2 aromatic rings. The molecule has 1 aliphatic rings. The summed E-state index contributed by atoms with van der Waals surface area (Å²) < 4.78 is 0. The lowest BCUT2D eigenvalue weighted by Crippen LogP contribution is -2.16. The van der Waals surface area contributed by atoms with Gasteiger partial charge >= 0.3 is 0 Å². The largest absolute Gasteiger partial charge is 0.508 e. The average molecular weight is 227 g/mol. The molecule has 1 aliphatic heterocycles. The molecule has 0 saturated carbocycles. The maximum Gasteiger partial charge on any atom is 0.117 e. The van der Waals surface area contributed by atoms with E-state index in [9.17, 15) is 5.11 Å². The first-order valence-electron chi connectivity index (χ1n) is 5.44. The fourth-order valence-corrected chi connectivity index (χ4v) is 2.03. The number of benzene rings is 2. The van der Waals surface area contributed by atoms with Gasteiger partial charge in [0.2, 0.25) is 0 Å². The van der Waals surface area contributed by atoms with Gasteiger partial charge in [0.15, 0.2) is 0 Å². The number of phenols is 1. The molecule has 86 valence electrons. The molecule has 0 bridgehead atoms. The number of anilines is 4. The van der Waals surface area contributed by atoms with Crippen molar-refractivity contribution in [2.45, 2.75) is 0 Å². The van der Waals surface area contributed by atoms with E-state index in [1.165, 1.54) is 0 Å². The summed E-state index contributed by atoms with van der Waals surface area (Å²) in [5.74, 6) is 0.271. The number of rotatable bonds is 1. The summed E-state index contributed by atoms with van der Waals surface area (Å²) in [6, 6.07) is 13.0. The number of phenolic OH excluding ortho intramolecular Hbond substituents is 1. The smallest absolute Gasteiger partial charge is 0.117 e. The van der Waals surface area contributed by atoms with Gasteiger partial charge in [0.1, 0.15) is 5.75 Å². The highest BCUT2D eigenvalue weighted by atomic mass is 16.3. The predicted octanol–water partition coefficient (Wildman–Crippen LogP) is 2.50. The first-order chi connectivity index (χ1) is 8.24. The number of nitrogens with two attached hydrogens (primary N) is 1. The van der Waals surface area contributed by atoms with Gasteiger partial charge in [-0.1, -0.05) is 0 Å². The number of hydrogen-bond acceptors (Lipinski definition) is 4. The van der Waals surface area contributed by atoms with Crippen molar-refractivity contribution < 1.29 is 5.11 Å². The summed E-state index contributed by atoms with van der Waals surface area (Å²) in [7, 11) is 0. The standard InChI is InChI=1S/C13H13N3O/c14-9-1-3-10(4-2-9)16-8-15-12-6-5-11(17)7-13(12)16/h1-7,15,17H,8,14H2. The fourth-order valence-electron chi connectivity index (χ4n) is 2.03. The van der Waals surface area contributed by atoms with Crippen molar-refractivity contribution in [3.8, 4) is 5.75 Å². The summed E-state index contributed by atoms with van der Waals surface area (Å²) >= 11 is 0. The van der Waals surface area contributed by atoms with E-state index >= 15 is 0 Å². The van der Waals surface area contributed by atoms with Crippen LogP contribution in [0.1, 0.15) is 0 Å². The van der Waals surface area contributed by atoms with Crippen molar-refractivity contribution in [2.24, 2.45) is 0 Å². The van der Waals surface area contributed by atoms with Crippen molar-refractivity contribution >= 4 is 22.7 Å². The van der Waals surface area contributed by atoms with E-state index in [-0.39, 0.29) is 5.75 Å². The van der Waals surface area contributed by atoms with Crippen LogP contribution in [0.25, 0.3) is 0 Å². The van der Waals surface area contributed by atoms with Crippen LogP contribution in [0.2, 0.25) is 0 Å². The van der Waals surface area contributed by atoms with Crippen LogP contribution in [0.4, 0.5) is 22.7 Å². The van der Waals surface area contributed by atoms with E-state index in [2.05, 4.69) is 10.2 Å². The van der Waals surface area contributed by atoms with Crippen LogP contribution in [-0.2, 0) is 0 Å². The Morgan fingerprint density at radius 2 is 1.88 bits per heavy atom. The van der Waals surface area contributed by atoms with Crippen molar-refractivity contribution in [1.82, 2.24) is 0 Å². The fraction of sp³-hybridized carbons (Fsp3) is 0.0769. The number of nitrogens with one attached hydrogen (secondary N) is 1. The summed E-state index contributed by atoms with van der Waals surface area (Å²) in [6.45, 7) is 0.697. The summed E-state index contributed by atoms with van der Waals surface area (Å²) in [6.07, 6.45) is 0. The van der Waals surface area contributed by atoms with Crippen LogP contribution in [0.15, 0.2) is 42.5 Å². The first kappa shape index (κ1) is 9.84. The van der Waals surface area contributed by atoms with E-state index in [1.54, 1.807) is 12.1 Å². The molecule has 0 atom stereocenters.